The first-order valence-corrected chi connectivity index (χ1v) is 11.4. The third kappa shape index (κ3) is 5.56. The number of nitrogens with one attached hydrogen (secondary N) is 2. The zero-order valence-electron chi connectivity index (χ0n) is 17.8. The Morgan fingerprint density at radius 1 is 1.12 bits per heavy atom. The molecule has 33 heavy (non-hydrogen) atoms. The standard InChI is InChI=1S/C24H23N3O5S/c1-15-20(27-24(30)31-15)22(28)26-19(12-18-13-33-14-25-18)23(29)32-21(16-8-4-2-5-9-16)17-10-6-3-7-11-17/h2-11,13-15,19-21H,12H2,1H3,(H,26,28)(H,27,30). The van der Waals surface area contributed by atoms with E-state index in [9.17, 15) is 14.4 Å². The van der Waals surface area contributed by atoms with Crippen molar-refractivity contribution in [3.8, 4) is 0 Å². The Balaban J connectivity index is 1.56. The molecule has 0 saturated carbocycles. The molecule has 9 heteroatoms. The Labute approximate surface area is 194 Å². The maximum Gasteiger partial charge on any atom is 0.408 e. The lowest BCUT2D eigenvalue weighted by atomic mass is 10.0. The Morgan fingerprint density at radius 3 is 2.27 bits per heavy atom. The van der Waals surface area contributed by atoms with Crippen LogP contribution in [0.1, 0.15) is 29.8 Å². The molecule has 2 N–H and O–H groups in total. The van der Waals surface area contributed by atoms with Crippen molar-refractivity contribution in [1.29, 1.82) is 0 Å². The molecule has 2 amide bonds. The summed E-state index contributed by atoms with van der Waals surface area (Å²) in [5, 5.41) is 6.98. The van der Waals surface area contributed by atoms with Gasteiger partial charge in [0.05, 0.1) is 11.2 Å². The van der Waals surface area contributed by atoms with E-state index >= 15 is 0 Å². The number of hydrogen-bond acceptors (Lipinski definition) is 7. The monoisotopic (exact) mass is 465 g/mol. The summed E-state index contributed by atoms with van der Waals surface area (Å²) in [7, 11) is 0. The first-order valence-electron chi connectivity index (χ1n) is 10.5. The molecular weight excluding hydrogens is 442 g/mol. The lowest BCUT2D eigenvalue weighted by molar-refractivity contribution is -0.151. The number of carbonyl (C=O) groups excluding carboxylic acids is 3. The molecule has 3 unspecified atom stereocenters. The van der Waals surface area contributed by atoms with Gasteiger partial charge >= 0.3 is 12.1 Å². The topological polar surface area (TPSA) is 107 Å². The third-order valence-corrected chi connectivity index (χ3v) is 5.89. The van der Waals surface area contributed by atoms with Crippen molar-refractivity contribution in [1.82, 2.24) is 15.6 Å². The lowest BCUT2D eigenvalue weighted by Crippen LogP contribution is -2.52. The number of rotatable bonds is 8. The van der Waals surface area contributed by atoms with Gasteiger partial charge in [0.2, 0.25) is 5.91 Å². The highest BCUT2D eigenvalue weighted by Gasteiger charge is 2.38. The first-order chi connectivity index (χ1) is 16.0. The summed E-state index contributed by atoms with van der Waals surface area (Å²) in [6.07, 6.45) is -1.83. The third-order valence-electron chi connectivity index (χ3n) is 5.25. The zero-order chi connectivity index (χ0) is 23.2. The van der Waals surface area contributed by atoms with E-state index in [0.717, 1.165) is 11.1 Å². The van der Waals surface area contributed by atoms with E-state index < -0.39 is 42.3 Å². The molecule has 1 aliphatic heterocycles. The molecule has 3 aromatic rings. The summed E-state index contributed by atoms with van der Waals surface area (Å²) in [4.78, 5) is 41.9. The van der Waals surface area contributed by atoms with Gasteiger partial charge in [-0.3, -0.25) is 4.79 Å². The quantitative estimate of drug-likeness (QED) is 0.496. The Bertz CT molecular complexity index is 1050. The van der Waals surface area contributed by atoms with Gasteiger partial charge in [-0.2, -0.15) is 0 Å². The highest BCUT2D eigenvalue weighted by Crippen LogP contribution is 2.26. The molecule has 1 aliphatic rings. The second-order valence-electron chi connectivity index (χ2n) is 7.62. The molecule has 2 heterocycles. The highest BCUT2D eigenvalue weighted by molar-refractivity contribution is 7.07. The van der Waals surface area contributed by atoms with Crippen LogP contribution in [-0.4, -0.2) is 41.1 Å². The van der Waals surface area contributed by atoms with Crippen LogP contribution < -0.4 is 10.6 Å². The molecule has 4 rings (SSSR count). The molecule has 0 bridgehead atoms. The first kappa shape index (κ1) is 22.5. The summed E-state index contributed by atoms with van der Waals surface area (Å²) < 4.78 is 10.9. The lowest BCUT2D eigenvalue weighted by Gasteiger charge is -2.24. The average Bonchev–Trinajstić information content (AvgIpc) is 3.46. The van der Waals surface area contributed by atoms with Crippen LogP contribution in [0.15, 0.2) is 71.6 Å². The number of nitrogens with zero attached hydrogens (tertiary/aromatic N) is 1. The van der Waals surface area contributed by atoms with Crippen molar-refractivity contribution < 1.29 is 23.9 Å². The molecule has 2 aromatic carbocycles. The second kappa shape index (κ2) is 10.3. The molecule has 1 aromatic heterocycles. The fraction of sp³-hybridized carbons (Fsp3) is 0.250. The molecule has 8 nitrogen and oxygen atoms in total. The van der Waals surface area contributed by atoms with Gasteiger partial charge in [-0.05, 0) is 18.1 Å². The van der Waals surface area contributed by atoms with E-state index in [1.807, 2.05) is 60.7 Å². The van der Waals surface area contributed by atoms with Gasteiger partial charge in [0.15, 0.2) is 6.10 Å². The number of cyclic esters (lactones) is 1. The number of ether oxygens (including phenoxy) is 2. The molecule has 0 aliphatic carbocycles. The predicted octanol–water partition coefficient (Wildman–Crippen LogP) is 3.00. The smallest absolute Gasteiger partial charge is 0.408 e. The molecule has 0 radical (unpaired) electrons. The van der Waals surface area contributed by atoms with Crippen LogP contribution in [0, 0.1) is 0 Å². The fourth-order valence-electron chi connectivity index (χ4n) is 3.58. The minimum absolute atomic E-state index is 0.153. The van der Waals surface area contributed by atoms with E-state index in [1.165, 1.54) is 11.3 Å². The van der Waals surface area contributed by atoms with Gasteiger partial charge in [-0.15, -0.1) is 11.3 Å². The number of esters is 1. The molecule has 1 fully saturated rings. The summed E-state index contributed by atoms with van der Waals surface area (Å²) in [6, 6.07) is 16.9. The minimum Gasteiger partial charge on any atom is -0.451 e. The maximum atomic E-state index is 13.3. The van der Waals surface area contributed by atoms with E-state index in [1.54, 1.807) is 17.8 Å². The Morgan fingerprint density at radius 2 is 1.76 bits per heavy atom. The van der Waals surface area contributed by atoms with Crippen LogP contribution in [0.25, 0.3) is 0 Å². The van der Waals surface area contributed by atoms with Crippen molar-refractivity contribution in [2.75, 3.05) is 0 Å². The molecular formula is C24H23N3O5S. The van der Waals surface area contributed by atoms with Crippen molar-refractivity contribution in [2.24, 2.45) is 0 Å². The van der Waals surface area contributed by atoms with Gasteiger partial charge in [0.25, 0.3) is 0 Å². The molecule has 3 atom stereocenters. The maximum absolute atomic E-state index is 13.3. The van der Waals surface area contributed by atoms with Crippen LogP contribution in [-0.2, 0) is 25.5 Å². The van der Waals surface area contributed by atoms with Gasteiger partial charge < -0.3 is 20.1 Å². The summed E-state index contributed by atoms with van der Waals surface area (Å²) in [5.41, 5.74) is 3.92. The zero-order valence-corrected chi connectivity index (χ0v) is 18.7. The van der Waals surface area contributed by atoms with Gasteiger partial charge in [-0.1, -0.05) is 60.7 Å². The van der Waals surface area contributed by atoms with Crippen molar-refractivity contribution >= 4 is 29.3 Å². The Hall–Kier alpha value is -3.72. The van der Waals surface area contributed by atoms with E-state index in [2.05, 4.69) is 15.6 Å². The van der Waals surface area contributed by atoms with E-state index in [0.29, 0.717) is 5.69 Å². The van der Waals surface area contributed by atoms with Crippen LogP contribution in [0.2, 0.25) is 0 Å². The van der Waals surface area contributed by atoms with E-state index in [4.69, 9.17) is 9.47 Å². The van der Waals surface area contributed by atoms with Crippen LogP contribution in [0.3, 0.4) is 0 Å². The minimum atomic E-state index is -1.00. The van der Waals surface area contributed by atoms with Gasteiger partial charge in [0.1, 0.15) is 18.2 Å². The van der Waals surface area contributed by atoms with Gasteiger partial charge in [0, 0.05) is 11.8 Å². The molecule has 0 spiro atoms. The Kier molecular flexibility index (Phi) is 6.99. The number of benzene rings is 2. The number of hydrogen-bond donors (Lipinski definition) is 2. The second-order valence-corrected chi connectivity index (χ2v) is 8.33. The molecule has 170 valence electrons. The highest BCUT2D eigenvalue weighted by atomic mass is 32.1. The predicted molar refractivity (Wildman–Crippen MR) is 121 cm³/mol. The molecule has 1 saturated heterocycles. The summed E-state index contributed by atoms with van der Waals surface area (Å²) in [5.74, 6) is -1.13. The summed E-state index contributed by atoms with van der Waals surface area (Å²) in [6.45, 7) is 1.61. The number of amides is 2. The number of alkyl carbamates (subject to hydrolysis) is 1. The normalized spacial score (nSPS) is 18.3. The SMILES string of the molecule is CC1OC(=O)NC1C(=O)NC(Cc1cscn1)C(=O)OC(c1ccccc1)c1ccccc1. The van der Waals surface area contributed by atoms with Crippen LogP contribution >= 0.6 is 11.3 Å². The van der Waals surface area contributed by atoms with Crippen LogP contribution in [0.4, 0.5) is 4.79 Å². The van der Waals surface area contributed by atoms with Crippen LogP contribution in [0.5, 0.6) is 0 Å². The summed E-state index contributed by atoms with van der Waals surface area (Å²) >= 11 is 1.39. The van der Waals surface area contributed by atoms with Crippen molar-refractivity contribution in [3.05, 3.63) is 88.4 Å². The largest absolute Gasteiger partial charge is 0.451 e. The number of carbonyl (C=O) groups is 3. The average molecular weight is 466 g/mol. The van der Waals surface area contributed by atoms with Crippen molar-refractivity contribution in [3.63, 3.8) is 0 Å². The van der Waals surface area contributed by atoms with E-state index in [-0.39, 0.29) is 6.42 Å². The fourth-order valence-corrected chi connectivity index (χ4v) is 4.15. The van der Waals surface area contributed by atoms with Crippen molar-refractivity contribution in [2.45, 2.75) is 37.6 Å². The van der Waals surface area contributed by atoms with Gasteiger partial charge in [-0.25, -0.2) is 14.6 Å². The number of thiazole rings is 1. The number of aromatic nitrogens is 1.